The van der Waals surface area contributed by atoms with E-state index in [1.807, 2.05) is 0 Å². The molecule has 0 aliphatic heterocycles. The lowest BCUT2D eigenvalue weighted by atomic mass is 9.79. The molecule has 210 valence electrons. The van der Waals surface area contributed by atoms with E-state index in [1.165, 1.54) is 97.9 Å². The van der Waals surface area contributed by atoms with Gasteiger partial charge in [-0.3, -0.25) is 0 Å². The van der Waals surface area contributed by atoms with Crippen molar-refractivity contribution in [3.8, 4) is 0 Å². The van der Waals surface area contributed by atoms with Gasteiger partial charge in [-0.15, -0.1) is 0 Å². The molecule has 0 saturated heterocycles. The van der Waals surface area contributed by atoms with Gasteiger partial charge in [0, 0.05) is 30.9 Å². The van der Waals surface area contributed by atoms with Crippen LogP contribution >= 0.6 is 0 Å². The maximum atomic E-state index is 2.47. The van der Waals surface area contributed by atoms with Crippen LogP contribution in [0.3, 0.4) is 0 Å². The van der Waals surface area contributed by atoms with E-state index in [9.17, 15) is 0 Å². The highest BCUT2D eigenvalue weighted by Crippen LogP contribution is 2.37. The number of hydrogen-bond acceptors (Lipinski definition) is 1. The van der Waals surface area contributed by atoms with Crippen LogP contribution in [0.15, 0.2) is 77.9 Å². The summed E-state index contributed by atoms with van der Waals surface area (Å²) in [5.41, 5.74) is 8.57. The Bertz CT molecular complexity index is 1070. The smallest absolute Gasteiger partial charge is 0.199 e. The van der Waals surface area contributed by atoms with E-state index in [-0.39, 0.29) is 0 Å². The molecule has 39 heavy (non-hydrogen) atoms. The van der Waals surface area contributed by atoms with Gasteiger partial charge in [-0.05, 0) is 112 Å². The largest absolute Gasteiger partial charge is 0.372 e. The minimum absolute atomic E-state index is 0.675. The fourth-order valence-electron chi connectivity index (χ4n) is 6.93. The van der Waals surface area contributed by atoms with E-state index in [2.05, 4.69) is 104 Å². The van der Waals surface area contributed by atoms with Crippen LogP contribution in [-0.2, 0) is 0 Å². The van der Waals surface area contributed by atoms with Crippen molar-refractivity contribution < 1.29 is 4.58 Å². The van der Waals surface area contributed by atoms with Crippen molar-refractivity contribution in [3.63, 3.8) is 0 Å². The zero-order valence-corrected chi connectivity index (χ0v) is 25.3. The molecule has 2 heteroatoms. The van der Waals surface area contributed by atoms with Crippen LogP contribution in [-0.4, -0.2) is 36.5 Å². The molecule has 3 aliphatic carbocycles. The van der Waals surface area contributed by atoms with E-state index in [4.69, 9.17) is 0 Å². The third-order valence-electron chi connectivity index (χ3n) is 9.30. The maximum Gasteiger partial charge on any atom is 0.199 e. The lowest BCUT2D eigenvalue weighted by molar-refractivity contribution is -0.519. The molecule has 0 N–H and O–H groups in total. The fourth-order valence-corrected chi connectivity index (χ4v) is 6.93. The first-order chi connectivity index (χ1) is 19.2. The van der Waals surface area contributed by atoms with Gasteiger partial charge < -0.3 is 4.90 Å². The summed E-state index contributed by atoms with van der Waals surface area (Å²) >= 11 is 0. The molecule has 1 aromatic carbocycles. The van der Waals surface area contributed by atoms with Crippen LogP contribution in [0.5, 0.6) is 0 Å². The first-order valence-electron chi connectivity index (χ1n) is 16.1. The Labute approximate surface area is 239 Å². The van der Waals surface area contributed by atoms with Crippen molar-refractivity contribution in [2.45, 2.75) is 91.9 Å². The average Bonchev–Trinajstić information content (AvgIpc) is 3.00. The summed E-state index contributed by atoms with van der Waals surface area (Å²) < 4.78 is 2.44. The van der Waals surface area contributed by atoms with Gasteiger partial charge in [-0.25, -0.2) is 4.58 Å². The maximum absolute atomic E-state index is 2.47. The normalized spacial score (nSPS) is 19.2. The number of allylic oxidation sites excluding steroid dienone is 10. The zero-order valence-electron chi connectivity index (χ0n) is 25.3. The van der Waals surface area contributed by atoms with Crippen LogP contribution in [0, 0.1) is 11.8 Å². The van der Waals surface area contributed by atoms with Gasteiger partial charge in [0.05, 0.1) is 0 Å². The summed E-state index contributed by atoms with van der Waals surface area (Å²) in [4.78, 5) is 2.44. The Morgan fingerprint density at radius 2 is 1.31 bits per heavy atom. The predicted molar refractivity (Wildman–Crippen MR) is 172 cm³/mol. The number of benzene rings is 1. The van der Waals surface area contributed by atoms with Crippen molar-refractivity contribution in [2.24, 2.45) is 11.8 Å². The molecular weight excluding hydrogens is 472 g/mol. The van der Waals surface area contributed by atoms with E-state index < -0.39 is 0 Å². The van der Waals surface area contributed by atoms with Crippen molar-refractivity contribution in [2.75, 3.05) is 31.1 Å². The predicted octanol–water partition coefficient (Wildman–Crippen LogP) is 9.55. The Hall–Kier alpha value is -2.61. The van der Waals surface area contributed by atoms with Crippen LogP contribution in [0.4, 0.5) is 5.69 Å². The second kappa shape index (κ2) is 15.2. The van der Waals surface area contributed by atoms with Gasteiger partial charge in [0.2, 0.25) is 0 Å². The van der Waals surface area contributed by atoms with Gasteiger partial charge in [-0.1, -0.05) is 68.9 Å². The van der Waals surface area contributed by atoms with Crippen LogP contribution in [0.25, 0.3) is 5.57 Å². The molecule has 1 aromatic rings. The van der Waals surface area contributed by atoms with Crippen molar-refractivity contribution >= 4 is 17.0 Å². The first-order valence-corrected chi connectivity index (χ1v) is 16.1. The van der Waals surface area contributed by atoms with Gasteiger partial charge >= 0.3 is 0 Å². The minimum Gasteiger partial charge on any atom is -0.372 e. The molecule has 3 aliphatic rings. The fraction of sp³-hybridized carbons (Fsp3) is 0.541. The summed E-state index contributed by atoms with van der Waals surface area (Å²) in [6.07, 6.45) is 30.3. The van der Waals surface area contributed by atoms with E-state index in [0.717, 1.165) is 26.2 Å². The Morgan fingerprint density at radius 1 is 0.744 bits per heavy atom. The molecule has 2 saturated carbocycles. The Kier molecular flexibility index (Phi) is 11.5. The quantitative estimate of drug-likeness (QED) is 0.218. The highest BCUT2D eigenvalue weighted by atomic mass is 15.1. The Balaban J connectivity index is 1.66. The highest BCUT2D eigenvalue weighted by Gasteiger charge is 2.21. The molecule has 0 heterocycles. The van der Waals surface area contributed by atoms with E-state index in [1.54, 1.807) is 0 Å². The summed E-state index contributed by atoms with van der Waals surface area (Å²) in [6, 6.07) is 9.42. The standard InChI is InChI=1S/C37H53N2/c1-5-38(6-2)34-26-22-32(23-27-34)36(30-16-11-9-12-17-30)20-15-21-37(31-18-13-10-14-19-31)33-24-28-35(29-25-33)39(7-3)8-4/h15,20-31H,5-14,16-19H2,1-4H3/q+1. The lowest BCUT2D eigenvalue weighted by Gasteiger charge is -2.26. The number of hydrogen-bond donors (Lipinski definition) is 0. The third-order valence-corrected chi connectivity index (χ3v) is 9.30. The molecular formula is C37H53N2+. The monoisotopic (exact) mass is 525 g/mol. The SMILES string of the molecule is CCN(CC)c1ccc(/C(=C/C=C/C(=C2C=CC(=[N+](CC)CC)C=C2)C2CCCCC2)C2CCCCC2)cc1. The second-order valence-corrected chi connectivity index (χ2v) is 11.5. The Morgan fingerprint density at radius 3 is 1.85 bits per heavy atom. The topological polar surface area (TPSA) is 6.25 Å². The van der Waals surface area contributed by atoms with Crippen molar-refractivity contribution in [1.82, 2.24) is 0 Å². The molecule has 0 amide bonds. The first kappa shape index (κ1) is 29.4. The van der Waals surface area contributed by atoms with Gasteiger partial charge in [0.1, 0.15) is 13.1 Å². The third kappa shape index (κ3) is 7.74. The highest BCUT2D eigenvalue weighted by molar-refractivity contribution is 6.02. The second-order valence-electron chi connectivity index (χ2n) is 11.5. The van der Waals surface area contributed by atoms with Crippen molar-refractivity contribution in [3.05, 3.63) is 83.5 Å². The van der Waals surface area contributed by atoms with Gasteiger partial charge in [0.15, 0.2) is 5.71 Å². The molecule has 0 bridgehead atoms. The van der Waals surface area contributed by atoms with E-state index in [0.29, 0.717) is 11.8 Å². The molecule has 4 rings (SSSR count). The van der Waals surface area contributed by atoms with Crippen molar-refractivity contribution in [1.29, 1.82) is 0 Å². The van der Waals surface area contributed by atoms with Crippen LogP contribution < -0.4 is 4.90 Å². The van der Waals surface area contributed by atoms with Crippen LogP contribution in [0.2, 0.25) is 0 Å². The summed E-state index contributed by atoms with van der Waals surface area (Å²) in [5.74, 6) is 1.35. The molecule has 2 fully saturated rings. The number of rotatable bonds is 10. The number of nitrogens with zero attached hydrogens (tertiary/aromatic N) is 2. The summed E-state index contributed by atoms with van der Waals surface area (Å²) in [6.45, 7) is 13.2. The van der Waals surface area contributed by atoms with E-state index >= 15 is 0 Å². The van der Waals surface area contributed by atoms with Gasteiger partial charge in [-0.2, -0.15) is 0 Å². The molecule has 0 unspecified atom stereocenters. The molecule has 2 nitrogen and oxygen atoms in total. The molecule has 0 aromatic heterocycles. The zero-order chi connectivity index (χ0) is 27.5. The molecule has 0 atom stereocenters. The lowest BCUT2D eigenvalue weighted by Crippen LogP contribution is -2.21. The summed E-state index contributed by atoms with van der Waals surface area (Å²) in [7, 11) is 0. The van der Waals surface area contributed by atoms with Gasteiger partial charge in [0.25, 0.3) is 0 Å². The summed E-state index contributed by atoms with van der Waals surface area (Å²) in [5, 5.41) is 0. The number of anilines is 1. The molecule has 0 radical (unpaired) electrons. The average molecular weight is 526 g/mol. The molecule has 0 spiro atoms. The minimum atomic E-state index is 0.675. The van der Waals surface area contributed by atoms with Crippen LogP contribution in [0.1, 0.15) is 97.5 Å².